The molecule has 3 N–H and O–H groups in total. The molecule has 26 heavy (non-hydrogen) atoms. The zero-order valence-corrected chi connectivity index (χ0v) is 15.2. The Morgan fingerprint density at radius 2 is 1.73 bits per heavy atom. The van der Waals surface area contributed by atoms with Gasteiger partial charge in [-0.1, -0.05) is 30.3 Å². The third-order valence-electron chi connectivity index (χ3n) is 3.62. The van der Waals surface area contributed by atoms with Crippen LogP contribution in [-0.4, -0.2) is 39.7 Å². The summed E-state index contributed by atoms with van der Waals surface area (Å²) in [6.45, 7) is 0.600. The second-order valence-corrected chi connectivity index (χ2v) is 5.38. The molecule has 138 valence electrons. The van der Waals surface area contributed by atoms with Gasteiger partial charge in [0, 0.05) is 25.3 Å². The van der Waals surface area contributed by atoms with Gasteiger partial charge in [-0.15, -0.1) is 0 Å². The van der Waals surface area contributed by atoms with E-state index in [-0.39, 0.29) is 12.5 Å². The fourth-order valence-corrected chi connectivity index (χ4v) is 2.25. The summed E-state index contributed by atoms with van der Waals surface area (Å²) >= 11 is 0. The quantitative estimate of drug-likeness (QED) is 0.522. The lowest BCUT2D eigenvalue weighted by atomic mass is 10.2. The van der Waals surface area contributed by atoms with Gasteiger partial charge < -0.3 is 25.4 Å². The van der Waals surface area contributed by atoms with Gasteiger partial charge in [0.05, 0.1) is 20.8 Å². The molecule has 0 aliphatic carbocycles. The largest absolute Gasteiger partial charge is 0.493 e. The first-order chi connectivity index (χ1) is 12.7. The number of aliphatic imine (C=N–C) groups is 1. The summed E-state index contributed by atoms with van der Waals surface area (Å²) in [5, 5.41) is 8.94. The van der Waals surface area contributed by atoms with Crippen molar-refractivity contribution in [3.63, 3.8) is 0 Å². The van der Waals surface area contributed by atoms with Crippen molar-refractivity contribution < 1.29 is 14.3 Å². The maximum Gasteiger partial charge on any atom is 0.239 e. The van der Waals surface area contributed by atoms with Crippen LogP contribution in [0.25, 0.3) is 0 Å². The lowest BCUT2D eigenvalue weighted by Gasteiger charge is -2.14. The van der Waals surface area contributed by atoms with Crippen LogP contribution in [0.3, 0.4) is 0 Å². The number of ether oxygens (including phenoxy) is 2. The van der Waals surface area contributed by atoms with Gasteiger partial charge in [0.25, 0.3) is 0 Å². The summed E-state index contributed by atoms with van der Waals surface area (Å²) in [7, 11) is 4.79. The van der Waals surface area contributed by atoms with Crippen molar-refractivity contribution in [1.82, 2.24) is 10.6 Å². The number of anilines is 1. The van der Waals surface area contributed by atoms with Crippen LogP contribution in [0.2, 0.25) is 0 Å². The van der Waals surface area contributed by atoms with E-state index in [2.05, 4.69) is 20.9 Å². The van der Waals surface area contributed by atoms with E-state index in [1.54, 1.807) is 33.4 Å². The monoisotopic (exact) mass is 356 g/mol. The van der Waals surface area contributed by atoms with E-state index in [4.69, 9.17) is 9.47 Å². The minimum atomic E-state index is -0.121. The van der Waals surface area contributed by atoms with Crippen molar-refractivity contribution in [2.75, 3.05) is 33.1 Å². The second kappa shape index (κ2) is 9.93. The molecule has 0 aromatic heterocycles. The number of amides is 1. The minimum absolute atomic E-state index is 0.111. The first kappa shape index (κ1) is 19.1. The molecule has 0 aliphatic rings. The minimum Gasteiger partial charge on any atom is -0.493 e. The Bertz CT molecular complexity index is 748. The van der Waals surface area contributed by atoms with E-state index < -0.39 is 0 Å². The van der Waals surface area contributed by atoms with Crippen molar-refractivity contribution in [1.29, 1.82) is 0 Å². The molecule has 7 nitrogen and oxygen atoms in total. The molecule has 0 fully saturated rings. The molecule has 2 aromatic carbocycles. The van der Waals surface area contributed by atoms with E-state index in [1.165, 1.54) is 0 Å². The van der Waals surface area contributed by atoms with Crippen LogP contribution >= 0.6 is 0 Å². The molecule has 0 atom stereocenters. The Morgan fingerprint density at radius 3 is 2.38 bits per heavy atom. The van der Waals surface area contributed by atoms with Gasteiger partial charge in [-0.25, -0.2) is 0 Å². The normalized spacial score (nSPS) is 10.8. The van der Waals surface area contributed by atoms with Gasteiger partial charge in [-0.3, -0.25) is 9.79 Å². The van der Waals surface area contributed by atoms with Crippen LogP contribution in [0, 0.1) is 0 Å². The van der Waals surface area contributed by atoms with Crippen molar-refractivity contribution in [3.05, 3.63) is 54.1 Å². The SMILES string of the molecule is CN=C(NCC(=O)NCc1ccccc1)Nc1ccc(OC)c(OC)c1. The maximum absolute atomic E-state index is 12.0. The Balaban J connectivity index is 1.84. The fraction of sp³-hybridized carbons (Fsp3) is 0.263. The van der Waals surface area contributed by atoms with Crippen LogP contribution in [0.15, 0.2) is 53.5 Å². The number of hydrogen-bond donors (Lipinski definition) is 3. The van der Waals surface area contributed by atoms with Crippen LogP contribution in [0.1, 0.15) is 5.56 Å². The molecule has 0 spiro atoms. The van der Waals surface area contributed by atoms with E-state index >= 15 is 0 Å². The van der Waals surface area contributed by atoms with Crippen LogP contribution in [0.5, 0.6) is 11.5 Å². The molecule has 0 bridgehead atoms. The number of hydrogen-bond acceptors (Lipinski definition) is 4. The van der Waals surface area contributed by atoms with Gasteiger partial charge in [-0.05, 0) is 17.7 Å². The number of nitrogens with zero attached hydrogens (tertiary/aromatic N) is 1. The first-order valence-corrected chi connectivity index (χ1v) is 8.16. The molecule has 0 aliphatic heterocycles. The highest BCUT2D eigenvalue weighted by Gasteiger charge is 2.07. The van der Waals surface area contributed by atoms with Gasteiger partial charge in [0.2, 0.25) is 5.91 Å². The maximum atomic E-state index is 12.0. The fourth-order valence-electron chi connectivity index (χ4n) is 2.25. The average molecular weight is 356 g/mol. The highest BCUT2D eigenvalue weighted by molar-refractivity contribution is 5.96. The van der Waals surface area contributed by atoms with Gasteiger partial charge in [-0.2, -0.15) is 0 Å². The highest BCUT2D eigenvalue weighted by atomic mass is 16.5. The molecule has 0 saturated carbocycles. The van der Waals surface area contributed by atoms with Crippen LogP contribution in [0.4, 0.5) is 5.69 Å². The lowest BCUT2D eigenvalue weighted by molar-refractivity contribution is -0.120. The number of carbonyl (C=O) groups is 1. The van der Waals surface area contributed by atoms with Gasteiger partial charge >= 0.3 is 0 Å². The third kappa shape index (κ3) is 5.70. The Kier molecular flexibility index (Phi) is 7.30. The summed E-state index contributed by atoms with van der Waals surface area (Å²) in [6, 6.07) is 15.2. The van der Waals surface area contributed by atoms with E-state index in [0.29, 0.717) is 24.0 Å². The number of benzene rings is 2. The van der Waals surface area contributed by atoms with Crippen LogP contribution < -0.4 is 25.4 Å². The van der Waals surface area contributed by atoms with Gasteiger partial charge in [0.15, 0.2) is 17.5 Å². The number of rotatable bonds is 7. The number of nitrogens with one attached hydrogen (secondary N) is 3. The topological polar surface area (TPSA) is 84.0 Å². The van der Waals surface area contributed by atoms with Crippen molar-refractivity contribution in [3.8, 4) is 11.5 Å². The Morgan fingerprint density at radius 1 is 1.00 bits per heavy atom. The molecular weight excluding hydrogens is 332 g/mol. The molecular formula is C19H24N4O3. The molecule has 7 heteroatoms. The summed E-state index contributed by atoms with van der Waals surface area (Å²) in [6.07, 6.45) is 0. The average Bonchev–Trinajstić information content (AvgIpc) is 2.70. The molecule has 0 unspecified atom stereocenters. The first-order valence-electron chi connectivity index (χ1n) is 8.16. The summed E-state index contributed by atoms with van der Waals surface area (Å²) in [5.41, 5.74) is 1.81. The smallest absolute Gasteiger partial charge is 0.239 e. The number of carbonyl (C=O) groups excluding carboxylic acids is 1. The van der Waals surface area contributed by atoms with E-state index in [1.807, 2.05) is 36.4 Å². The molecule has 2 aromatic rings. The summed E-state index contributed by atoms with van der Waals surface area (Å²) in [5.74, 6) is 1.60. The van der Waals surface area contributed by atoms with E-state index in [0.717, 1.165) is 11.3 Å². The third-order valence-corrected chi connectivity index (χ3v) is 3.62. The van der Waals surface area contributed by atoms with Crippen molar-refractivity contribution in [2.24, 2.45) is 4.99 Å². The molecule has 0 saturated heterocycles. The van der Waals surface area contributed by atoms with Crippen molar-refractivity contribution >= 4 is 17.6 Å². The summed E-state index contributed by atoms with van der Waals surface area (Å²) in [4.78, 5) is 16.1. The number of methoxy groups -OCH3 is 2. The van der Waals surface area contributed by atoms with E-state index in [9.17, 15) is 4.79 Å². The Hall–Kier alpha value is -3.22. The van der Waals surface area contributed by atoms with Crippen molar-refractivity contribution in [2.45, 2.75) is 6.54 Å². The molecule has 1 amide bonds. The highest BCUT2D eigenvalue weighted by Crippen LogP contribution is 2.29. The second-order valence-electron chi connectivity index (χ2n) is 5.38. The number of guanidine groups is 1. The molecule has 2 rings (SSSR count). The lowest BCUT2D eigenvalue weighted by Crippen LogP contribution is -2.39. The van der Waals surface area contributed by atoms with Gasteiger partial charge in [0.1, 0.15) is 0 Å². The zero-order chi connectivity index (χ0) is 18.8. The van der Waals surface area contributed by atoms with Crippen LogP contribution in [-0.2, 0) is 11.3 Å². The predicted molar refractivity (Wildman–Crippen MR) is 103 cm³/mol. The molecule has 0 heterocycles. The predicted octanol–water partition coefficient (Wildman–Crippen LogP) is 2.01. The standard InChI is InChI=1S/C19H24N4O3/c1-20-19(23-15-9-10-16(25-2)17(11-15)26-3)22-13-18(24)21-12-14-7-5-4-6-8-14/h4-11H,12-13H2,1-3H3,(H,21,24)(H2,20,22,23). The molecule has 0 radical (unpaired) electrons. The zero-order valence-electron chi connectivity index (χ0n) is 15.2. The summed E-state index contributed by atoms with van der Waals surface area (Å²) < 4.78 is 10.5. The Labute approximate surface area is 153 Å².